The van der Waals surface area contributed by atoms with Crippen LogP contribution in [0, 0.1) is 5.92 Å². The summed E-state index contributed by atoms with van der Waals surface area (Å²) >= 11 is 0. The summed E-state index contributed by atoms with van der Waals surface area (Å²) in [6, 6.07) is 1.77. The number of hydrogen-bond acceptors (Lipinski definition) is 6. The molecule has 1 amide bonds. The third kappa shape index (κ3) is 3.19. The molecule has 0 radical (unpaired) electrons. The minimum absolute atomic E-state index is 0.164. The van der Waals surface area contributed by atoms with Gasteiger partial charge in [0.25, 0.3) is 5.91 Å². The molecule has 3 aliphatic heterocycles. The van der Waals surface area contributed by atoms with Gasteiger partial charge >= 0.3 is 5.97 Å². The van der Waals surface area contributed by atoms with Crippen LogP contribution in [0.5, 0.6) is 0 Å². The molecule has 2 aromatic heterocycles. The van der Waals surface area contributed by atoms with E-state index in [4.69, 9.17) is 9.15 Å². The quantitative estimate of drug-likeness (QED) is 0.845. The molecule has 1 N–H and O–H groups in total. The Morgan fingerprint density at radius 3 is 2.77 bits per heavy atom. The van der Waals surface area contributed by atoms with Gasteiger partial charge in [0, 0.05) is 18.0 Å². The van der Waals surface area contributed by atoms with Gasteiger partial charge in [0.2, 0.25) is 0 Å². The van der Waals surface area contributed by atoms with E-state index in [2.05, 4.69) is 15.2 Å². The van der Waals surface area contributed by atoms with Crippen LogP contribution in [0.15, 0.2) is 22.9 Å². The highest BCUT2D eigenvalue weighted by Crippen LogP contribution is 2.28. The Morgan fingerprint density at radius 1 is 1.35 bits per heavy atom. The molecule has 5 heterocycles. The molecular weight excluding hydrogens is 334 g/mol. The van der Waals surface area contributed by atoms with E-state index in [-0.39, 0.29) is 23.7 Å². The highest BCUT2D eigenvalue weighted by molar-refractivity contribution is 6.05. The molecule has 0 aliphatic carbocycles. The monoisotopic (exact) mass is 357 g/mol. The van der Waals surface area contributed by atoms with E-state index < -0.39 is 5.97 Å². The van der Waals surface area contributed by atoms with Crippen molar-refractivity contribution in [3.63, 3.8) is 0 Å². The van der Waals surface area contributed by atoms with Crippen LogP contribution >= 0.6 is 0 Å². The van der Waals surface area contributed by atoms with Crippen molar-refractivity contribution in [3.05, 3.63) is 29.8 Å². The van der Waals surface area contributed by atoms with Crippen LogP contribution in [0.2, 0.25) is 0 Å². The van der Waals surface area contributed by atoms with Crippen molar-refractivity contribution in [3.8, 4) is 0 Å². The second-order valence-electron chi connectivity index (χ2n) is 7.39. The number of hydrogen-bond donors (Lipinski definition) is 1. The van der Waals surface area contributed by atoms with Crippen LogP contribution in [-0.4, -0.2) is 53.5 Å². The lowest BCUT2D eigenvalue weighted by atomic mass is 9.84. The summed E-state index contributed by atoms with van der Waals surface area (Å²) in [7, 11) is 0. The maximum Gasteiger partial charge on any atom is 0.342 e. The number of carbonyl (C=O) groups excluding carboxylic acids is 2. The summed E-state index contributed by atoms with van der Waals surface area (Å²) in [6.45, 7) is 6.72. The molecule has 0 spiro atoms. The molecule has 3 saturated heterocycles. The number of pyridine rings is 1. The number of esters is 1. The Bertz CT molecular complexity index is 836. The summed E-state index contributed by atoms with van der Waals surface area (Å²) in [4.78, 5) is 31.5. The lowest BCUT2D eigenvalue weighted by molar-refractivity contribution is 0.0379. The van der Waals surface area contributed by atoms with E-state index in [0.29, 0.717) is 22.5 Å². The van der Waals surface area contributed by atoms with E-state index >= 15 is 0 Å². The van der Waals surface area contributed by atoms with Crippen LogP contribution in [0.3, 0.4) is 0 Å². The van der Waals surface area contributed by atoms with E-state index in [1.807, 2.05) is 0 Å². The molecule has 138 valence electrons. The van der Waals surface area contributed by atoms with Gasteiger partial charge in [-0.15, -0.1) is 0 Å². The molecule has 7 heteroatoms. The zero-order valence-electron chi connectivity index (χ0n) is 15.0. The number of aromatic nitrogens is 1. The smallest absolute Gasteiger partial charge is 0.342 e. The molecule has 5 rings (SSSR count). The summed E-state index contributed by atoms with van der Waals surface area (Å²) in [6.07, 6.45) is 4.86. The molecule has 1 atom stereocenters. The second kappa shape index (κ2) is 6.72. The molecule has 3 fully saturated rings. The van der Waals surface area contributed by atoms with Crippen molar-refractivity contribution in [1.29, 1.82) is 0 Å². The maximum atomic E-state index is 12.7. The summed E-state index contributed by atoms with van der Waals surface area (Å²) in [5, 5.41) is 3.66. The van der Waals surface area contributed by atoms with Crippen molar-refractivity contribution in [1.82, 2.24) is 15.2 Å². The molecule has 2 aromatic rings. The fourth-order valence-electron chi connectivity index (χ4n) is 3.86. The summed E-state index contributed by atoms with van der Waals surface area (Å²) < 4.78 is 10.6. The average molecular weight is 357 g/mol. The molecule has 26 heavy (non-hydrogen) atoms. The Morgan fingerprint density at radius 2 is 2.12 bits per heavy atom. The van der Waals surface area contributed by atoms with Gasteiger partial charge < -0.3 is 19.4 Å². The van der Waals surface area contributed by atoms with E-state index in [1.54, 1.807) is 19.9 Å². The van der Waals surface area contributed by atoms with Crippen LogP contribution in [0.1, 0.15) is 47.5 Å². The number of carbonyl (C=O) groups is 2. The largest absolute Gasteiger partial charge is 0.462 e. The van der Waals surface area contributed by atoms with Gasteiger partial charge in [0.15, 0.2) is 5.58 Å². The number of piperidine rings is 3. The predicted octanol–water partition coefficient (Wildman–Crippen LogP) is 2.22. The van der Waals surface area contributed by atoms with Crippen LogP contribution < -0.4 is 5.32 Å². The molecule has 0 unspecified atom stereocenters. The fraction of sp³-hybridized carbons (Fsp3) is 0.526. The molecule has 2 bridgehead atoms. The molecular formula is C19H23N3O4. The van der Waals surface area contributed by atoms with E-state index in [1.165, 1.54) is 12.5 Å². The zero-order valence-corrected chi connectivity index (χ0v) is 15.0. The molecule has 0 saturated carbocycles. The molecule has 7 nitrogen and oxygen atoms in total. The van der Waals surface area contributed by atoms with Crippen molar-refractivity contribution in [2.24, 2.45) is 5.92 Å². The van der Waals surface area contributed by atoms with Gasteiger partial charge in [-0.05, 0) is 51.8 Å². The van der Waals surface area contributed by atoms with Gasteiger partial charge in [-0.25, -0.2) is 9.78 Å². The number of ether oxygens (including phenoxy) is 1. The number of nitrogens with zero attached hydrogens (tertiary/aromatic N) is 2. The molecule has 0 aromatic carbocycles. The number of fused-ring (bicyclic) bond motifs is 4. The topological polar surface area (TPSA) is 84.7 Å². The van der Waals surface area contributed by atoms with Crippen LogP contribution in [0.25, 0.3) is 11.0 Å². The first-order chi connectivity index (χ1) is 12.5. The Balaban J connectivity index is 1.54. The van der Waals surface area contributed by atoms with E-state index in [9.17, 15) is 9.59 Å². The Kier molecular flexibility index (Phi) is 4.40. The number of nitrogens with one attached hydrogen (secondary N) is 1. The predicted molar refractivity (Wildman–Crippen MR) is 95.0 cm³/mol. The summed E-state index contributed by atoms with van der Waals surface area (Å²) in [5.74, 6) is -0.137. The first kappa shape index (κ1) is 17.0. The maximum absolute atomic E-state index is 12.7. The number of furan rings is 1. The van der Waals surface area contributed by atoms with Gasteiger partial charge in [-0.1, -0.05) is 0 Å². The highest BCUT2D eigenvalue weighted by atomic mass is 16.5. The van der Waals surface area contributed by atoms with E-state index in [0.717, 1.165) is 32.5 Å². The van der Waals surface area contributed by atoms with Crippen molar-refractivity contribution < 1.29 is 18.7 Å². The van der Waals surface area contributed by atoms with Crippen molar-refractivity contribution in [2.45, 2.75) is 38.8 Å². The summed E-state index contributed by atoms with van der Waals surface area (Å²) in [5.41, 5.74) is 1.06. The lowest BCUT2D eigenvalue weighted by Gasteiger charge is -2.44. The van der Waals surface area contributed by atoms with Gasteiger partial charge in [-0.2, -0.15) is 0 Å². The van der Waals surface area contributed by atoms with Gasteiger partial charge in [0.1, 0.15) is 17.5 Å². The van der Waals surface area contributed by atoms with Crippen LogP contribution in [-0.2, 0) is 4.74 Å². The average Bonchev–Trinajstić information content (AvgIpc) is 3.05. The Hall–Kier alpha value is -2.41. The van der Waals surface area contributed by atoms with Crippen molar-refractivity contribution in [2.75, 3.05) is 19.6 Å². The van der Waals surface area contributed by atoms with Crippen molar-refractivity contribution >= 4 is 22.8 Å². The first-order valence-corrected chi connectivity index (χ1v) is 9.12. The lowest BCUT2D eigenvalue weighted by Crippen LogP contribution is -2.57. The van der Waals surface area contributed by atoms with Gasteiger partial charge in [-0.3, -0.25) is 4.79 Å². The standard InChI is InChI=1S/C19H23N3O4/c1-11(2)26-19(24)14-10-25-17-8-20-15(7-13(14)17)18(23)21-16-9-22-5-3-12(16)4-6-22/h7-8,10-12,16H,3-6,9H2,1-2H3,(H,21,23)/t16-/m0/s1. The SMILES string of the molecule is CC(C)OC(=O)c1coc2cnc(C(=O)N[C@H]3CN4CCC3CC4)cc12. The number of amides is 1. The normalized spacial score (nSPS) is 24.8. The third-order valence-electron chi connectivity index (χ3n) is 5.23. The third-order valence-corrected chi connectivity index (χ3v) is 5.23. The second-order valence-corrected chi connectivity index (χ2v) is 7.39. The Labute approximate surface area is 151 Å². The zero-order chi connectivity index (χ0) is 18.3. The fourth-order valence-corrected chi connectivity index (χ4v) is 3.86. The highest BCUT2D eigenvalue weighted by Gasteiger charge is 2.35. The number of rotatable bonds is 4. The minimum Gasteiger partial charge on any atom is -0.462 e. The minimum atomic E-state index is -0.464. The van der Waals surface area contributed by atoms with Crippen LogP contribution in [0.4, 0.5) is 0 Å². The first-order valence-electron chi connectivity index (χ1n) is 9.12. The molecule has 3 aliphatic rings. The van der Waals surface area contributed by atoms with Gasteiger partial charge in [0.05, 0.1) is 12.3 Å².